The van der Waals surface area contributed by atoms with Crippen molar-refractivity contribution < 1.29 is 9.32 Å². The van der Waals surface area contributed by atoms with Gasteiger partial charge in [-0.05, 0) is 37.3 Å². The Balaban J connectivity index is 1.36. The van der Waals surface area contributed by atoms with Crippen molar-refractivity contribution in [2.75, 3.05) is 24.5 Å². The fraction of sp³-hybridized carbons (Fsp3) is 0.429. The minimum Gasteiger partial charge on any atom is -0.355 e. The van der Waals surface area contributed by atoms with Crippen molar-refractivity contribution in [1.82, 2.24) is 20.0 Å². The van der Waals surface area contributed by atoms with Gasteiger partial charge < -0.3 is 14.3 Å². The maximum Gasteiger partial charge on any atom is 0.263 e. The number of piperidine rings is 1. The van der Waals surface area contributed by atoms with Gasteiger partial charge in [0.25, 0.3) is 5.71 Å². The van der Waals surface area contributed by atoms with Gasteiger partial charge in [0.05, 0.1) is 11.6 Å². The predicted molar refractivity (Wildman–Crippen MR) is 105 cm³/mol. The molecule has 1 atom stereocenters. The second-order valence-corrected chi connectivity index (χ2v) is 7.71. The van der Waals surface area contributed by atoms with E-state index in [0.717, 1.165) is 49.2 Å². The van der Waals surface area contributed by atoms with Crippen LogP contribution >= 0.6 is 0 Å². The van der Waals surface area contributed by atoms with Crippen molar-refractivity contribution in [2.45, 2.75) is 32.7 Å². The SMILES string of the molecule is Cc1noc2ncnc(N3CCCC(C(=O)N4CCc5ccccc5C4)C3)c12. The average Bonchev–Trinajstić information content (AvgIpc) is 3.14. The minimum absolute atomic E-state index is 0.0100. The van der Waals surface area contributed by atoms with Crippen LogP contribution in [0.2, 0.25) is 0 Å². The van der Waals surface area contributed by atoms with E-state index in [0.29, 0.717) is 18.8 Å². The number of benzene rings is 1. The number of fused-ring (bicyclic) bond motifs is 2. The molecule has 1 fully saturated rings. The molecule has 1 amide bonds. The van der Waals surface area contributed by atoms with Crippen LogP contribution in [0.3, 0.4) is 0 Å². The van der Waals surface area contributed by atoms with E-state index in [4.69, 9.17) is 4.52 Å². The lowest BCUT2D eigenvalue weighted by Gasteiger charge is -2.37. The summed E-state index contributed by atoms with van der Waals surface area (Å²) in [5.74, 6) is 1.07. The number of carbonyl (C=O) groups excluding carboxylic acids is 1. The Morgan fingerprint density at radius 3 is 2.93 bits per heavy atom. The minimum atomic E-state index is -0.0100. The molecular formula is C21H23N5O2. The van der Waals surface area contributed by atoms with Crippen LogP contribution in [0.15, 0.2) is 35.1 Å². The van der Waals surface area contributed by atoms with Crippen molar-refractivity contribution in [3.8, 4) is 0 Å². The van der Waals surface area contributed by atoms with Gasteiger partial charge in [-0.3, -0.25) is 4.79 Å². The summed E-state index contributed by atoms with van der Waals surface area (Å²) >= 11 is 0. The highest BCUT2D eigenvalue weighted by molar-refractivity contribution is 5.88. The number of nitrogens with zero attached hydrogens (tertiary/aromatic N) is 5. The number of hydrogen-bond acceptors (Lipinski definition) is 6. The summed E-state index contributed by atoms with van der Waals surface area (Å²) in [5, 5.41) is 4.87. The number of carbonyl (C=O) groups is 1. The van der Waals surface area contributed by atoms with E-state index in [9.17, 15) is 4.79 Å². The fourth-order valence-electron chi connectivity index (χ4n) is 4.46. The van der Waals surface area contributed by atoms with Gasteiger partial charge in [-0.25, -0.2) is 4.98 Å². The summed E-state index contributed by atoms with van der Waals surface area (Å²) in [6.45, 7) is 4.97. The molecule has 0 spiro atoms. The number of rotatable bonds is 2. The summed E-state index contributed by atoms with van der Waals surface area (Å²) < 4.78 is 5.28. The Bertz CT molecular complexity index is 1030. The van der Waals surface area contributed by atoms with Crippen molar-refractivity contribution >= 4 is 22.8 Å². The van der Waals surface area contributed by atoms with E-state index >= 15 is 0 Å². The first-order valence-electron chi connectivity index (χ1n) is 9.88. The summed E-state index contributed by atoms with van der Waals surface area (Å²) in [4.78, 5) is 26.1. The lowest BCUT2D eigenvalue weighted by atomic mass is 9.94. The Labute approximate surface area is 163 Å². The zero-order valence-corrected chi connectivity index (χ0v) is 16.0. The zero-order chi connectivity index (χ0) is 19.1. The van der Waals surface area contributed by atoms with E-state index in [1.165, 1.54) is 17.5 Å². The van der Waals surface area contributed by atoms with Crippen LogP contribution < -0.4 is 4.90 Å². The Kier molecular flexibility index (Phi) is 4.22. The number of amides is 1. The molecule has 5 rings (SSSR count). The topological polar surface area (TPSA) is 75.4 Å². The third-order valence-electron chi connectivity index (χ3n) is 5.94. The molecule has 0 N–H and O–H groups in total. The van der Waals surface area contributed by atoms with Gasteiger partial charge in [-0.15, -0.1) is 0 Å². The molecule has 144 valence electrons. The highest BCUT2D eigenvalue weighted by Crippen LogP contribution is 2.30. The molecule has 7 heteroatoms. The van der Waals surface area contributed by atoms with Gasteiger partial charge in [0.2, 0.25) is 5.91 Å². The highest BCUT2D eigenvalue weighted by atomic mass is 16.5. The van der Waals surface area contributed by atoms with Crippen molar-refractivity contribution in [3.05, 3.63) is 47.4 Å². The molecule has 2 aromatic heterocycles. The largest absolute Gasteiger partial charge is 0.355 e. The third-order valence-corrected chi connectivity index (χ3v) is 5.94. The molecule has 28 heavy (non-hydrogen) atoms. The van der Waals surface area contributed by atoms with E-state index < -0.39 is 0 Å². The van der Waals surface area contributed by atoms with Crippen LogP contribution in [0.5, 0.6) is 0 Å². The van der Waals surface area contributed by atoms with Crippen LogP contribution in [0.1, 0.15) is 29.7 Å². The van der Waals surface area contributed by atoms with Crippen LogP contribution in [0.25, 0.3) is 11.1 Å². The summed E-state index contributed by atoms with van der Waals surface area (Å²) in [6.07, 6.45) is 4.33. The van der Waals surface area contributed by atoms with E-state index in [2.05, 4.69) is 44.3 Å². The molecule has 7 nitrogen and oxygen atoms in total. The molecule has 2 aliphatic heterocycles. The van der Waals surface area contributed by atoms with Crippen molar-refractivity contribution in [3.63, 3.8) is 0 Å². The smallest absolute Gasteiger partial charge is 0.263 e. The molecule has 0 radical (unpaired) electrons. The molecule has 1 aromatic carbocycles. The molecular weight excluding hydrogens is 354 g/mol. The summed E-state index contributed by atoms with van der Waals surface area (Å²) in [5.41, 5.74) is 3.92. The lowest BCUT2D eigenvalue weighted by molar-refractivity contribution is -0.136. The molecule has 2 aliphatic rings. The first-order chi connectivity index (χ1) is 13.7. The van der Waals surface area contributed by atoms with Crippen molar-refractivity contribution in [1.29, 1.82) is 0 Å². The fourth-order valence-corrected chi connectivity index (χ4v) is 4.46. The van der Waals surface area contributed by atoms with E-state index in [1.807, 2.05) is 11.8 Å². The molecule has 4 heterocycles. The summed E-state index contributed by atoms with van der Waals surface area (Å²) in [7, 11) is 0. The molecule has 1 unspecified atom stereocenters. The molecule has 0 aliphatic carbocycles. The predicted octanol–water partition coefficient (Wildman–Crippen LogP) is 2.73. The molecule has 1 saturated heterocycles. The van der Waals surface area contributed by atoms with Gasteiger partial charge in [-0.2, -0.15) is 4.98 Å². The van der Waals surface area contributed by atoms with Crippen LogP contribution in [0.4, 0.5) is 5.82 Å². The second-order valence-electron chi connectivity index (χ2n) is 7.71. The monoisotopic (exact) mass is 377 g/mol. The van der Waals surface area contributed by atoms with Crippen LogP contribution in [-0.4, -0.2) is 45.6 Å². The Morgan fingerprint density at radius 1 is 1.18 bits per heavy atom. The summed E-state index contributed by atoms with van der Waals surface area (Å²) in [6, 6.07) is 8.43. The average molecular weight is 377 g/mol. The Morgan fingerprint density at radius 2 is 2.04 bits per heavy atom. The van der Waals surface area contributed by atoms with Gasteiger partial charge in [-0.1, -0.05) is 29.4 Å². The van der Waals surface area contributed by atoms with E-state index in [1.54, 1.807) is 0 Å². The molecule has 3 aromatic rings. The van der Waals surface area contributed by atoms with Crippen LogP contribution in [0, 0.1) is 12.8 Å². The zero-order valence-electron chi connectivity index (χ0n) is 16.0. The van der Waals surface area contributed by atoms with Crippen LogP contribution in [-0.2, 0) is 17.8 Å². The maximum atomic E-state index is 13.3. The second kappa shape index (κ2) is 6.89. The van der Waals surface area contributed by atoms with Crippen molar-refractivity contribution in [2.24, 2.45) is 5.92 Å². The van der Waals surface area contributed by atoms with Gasteiger partial charge in [0, 0.05) is 26.2 Å². The first-order valence-corrected chi connectivity index (χ1v) is 9.88. The number of anilines is 1. The maximum absolute atomic E-state index is 13.3. The molecule has 0 saturated carbocycles. The van der Waals surface area contributed by atoms with Gasteiger partial charge in [0.15, 0.2) is 0 Å². The number of aromatic nitrogens is 3. The van der Waals surface area contributed by atoms with E-state index in [-0.39, 0.29) is 11.8 Å². The number of hydrogen-bond donors (Lipinski definition) is 0. The van der Waals surface area contributed by atoms with Gasteiger partial charge >= 0.3 is 0 Å². The normalized spacial score (nSPS) is 19.7. The van der Waals surface area contributed by atoms with Gasteiger partial charge in [0.1, 0.15) is 17.5 Å². The first kappa shape index (κ1) is 17.2. The Hall–Kier alpha value is -2.96. The third kappa shape index (κ3) is 2.91. The molecule has 0 bridgehead atoms. The lowest BCUT2D eigenvalue weighted by Crippen LogP contribution is -2.46. The highest BCUT2D eigenvalue weighted by Gasteiger charge is 2.32. The number of aryl methyl sites for hydroxylation is 1. The standard InChI is InChI=1S/C21H23N5O2/c1-14-18-19(22-13-23-20(18)28-24-14)25-9-4-7-17(12-25)21(27)26-10-8-15-5-2-3-6-16(15)11-26/h2-3,5-6,13,17H,4,7-12H2,1H3. The quantitative estimate of drug-likeness (QED) is 0.684.